The van der Waals surface area contributed by atoms with E-state index in [2.05, 4.69) is 41.8 Å². The Balaban J connectivity index is 2.25. The van der Waals surface area contributed by atoms with Crippen LogP contribution >= 0.6 is 22.6 Å². The average molecular weight is 393 g/mol. The van der Waals surface area contributed by atoms with Crippen molar-refractivity contribution in [3.63, 3.8) is 0 Å². The first-order valence-corrected chi connectivity index (χ1v) is 8.31. The third-order valence-corrected chi connectivity index (χ3v) is 4.73. The Kier molecular flexibility index (Phi) is 5.79. The van der Waals surface area contributed by atoms with Gasteiger partial charge in [0.2, 0.25) is 5.91 Å². The molecular formula is C18H20INO. The van der Waals surface area contributed by atoms with E-state index >= 15 is 0 Å². The molecule has 110 valence electrons. The number of carbonyl (C=O) groups is 1. The minimum absolute atomic E-state index is 0.0691. The Morgan fingerprint density at radius 3 is 2.33 bits per heavy atom. The maximum atomic E-state index is 12.8. The van der Waals surface area contributed by atoms with Crippen molar-refractivity contribution in [3.05, 3.63) is 63.7 Å². The van der Waals surface area contributed by atoms with E-state index in [1.165, 1.54) is 0 Å². The number of para-hydroxylation sites is 1. The largest absolute Gasteiger partial charge is 0.325 e. The molecule has 0 bridgehead atoms. The molecule has 0 spiro atoms. The fraction of sp³-hybridized carbons (Fsp3) is 0.278. The van der Waals surface area contributed by atoms with Crippen LogP contribution in [0.5, 0.6) is 0 Å². The summed E-state index contributed by atoms with van der Waals surface area (Å²) in [5, 5.41) is 3.08. The minimum Gasteiger partial charge on any atom is -0.325 e. The predicted molar refractivity (Wildman–Crippen MR) is 96.4 cm³/mol. The van der Waals surface area contributed by atoms with Crippen molar-refractivity contribution in [2.45, 2.75) is 26.2 Å². The van der Waals surface area contributed by atoms with Crippen LogP contribution in [-0.2, 0) is 4.79 Å². The normalized spacial score (nSPS) is 13.5. The molecule has 0 aliphatic carbocycles. The highest BCUT2D eigenvalue weighted by Gasteiger charge is 2.26. The zero-order valence-electron chi connectivity index (χ0n) is 12.3. The van der Waals surface area contributed by atoms with Gasteiger partial charge in [-0.15, -0.1) is 0 Å². The lowest BCUT2D eigenvalue weighted by atomic mass is 9.85. The number of halogens is 1. The Labute approximate surface area is 140 Å². The van der Waals surface area contributed by atoms with Crippen LogP contribution in [0.15, 0.2) is 54.6 Å². The molecule has 1 N–H and O–H groups in total. The zero-order chi connectivity index (χ0) is 15.2. The first kappa shape index (κ1) is 16.0. The standard InChI is InChI=1S/C18H20INO/c1-3-13(2)17(14-9-5-4-6-10-14)18(21)20-16-12-8-7-11-15(16)19/h4-13,17H,3H2,1-2H3,(H,20,21)/t13-,17+/m0/s1. The number of hydrogen-bond donors (Lipinski definition) is 1. The van der Waals surface area contributed by atoms with Gasteiger partial charge in [0.25, 0.3) is 0 Å². The highest BCUT2D eigenvalue weighted by Crippen LogP contribution is 2.29. The van der Waals surface area contributed by atoms with Crippen LogP contribution in [0.3, 0.4) is 0 Å². The maximum absolute atomic E-state index is 12.8. The van der Waals surface area contributed by atoms with Crippen molar-refractivity contribution in [2.75, 3.05) is 5.32 Å². The van der Waals surface area contributed by atoms with Gasteiger partial charge < -0.3 is 5.32 Å². The second-order valence-corrected chi connectivity index (χ2v) is 6.41. The van der Waals surface area contributed by atoms with Crippen molar-refractivity contribution in [1.82, 2.24) is 0 Å². The van der Waals surface area contributed by atoms with Gasteiger partial charge in [0.05, 0.1) is 11.6 Å². The molecule has 0 fully saturated rings. The number of benzene rings is 2. The molecule has 2 aromatic carbocycles. The summed E-state index contributed by atoms with van der Waals surface area (Å²) in [5.41, 5.74) is 1.96. The fourth-order valence-corrected chi connectivity index (χ4v) is 2.93. The van der Waals surface area contributed by atoms with Crippen molar-refractivity contribution >= 4 is 34.2 Å². The van der Waals surface area contributed by atoms with Gasteiger partial charge in [-0.25, -0.2) is 0 Å². The average Bonchev–Trinajstić information content (AvgIpc) is 2.50. The Bertz CT molecular complexity index is 597. The van der Waals surface area contributed by atoms with Crippen LogP contribution < -0.4 is 5.32 Å². The Morgan fingerprint density at radius 1 is 1.10 bits per heavy atom. The highest BCUT2D eigenvalue weighted by molar-refractivity contribution is 14.1. The van der Waals surface area contributed by atoms with Gasteiger partial charge >= 0.3 is 0 Å². The van der Waals surface area contributed by atoms with E-state index < -0.39 is 0 Å². The van der Waals surface area contributed by atoms with Gasteiger partial charge in [-0.2, -0.15) is 0 Å². The molecule has 0 aliphatic heterocycles. The van der Waals surface area contributed by atoms with E-state index in [-0.39, 0.29) is 11.8 Å². The molecule has 0 aliphatic rings. The first-order chi connectivity index (χ1) is 10.1. The Morgan fingerprint density at radius 2 is 1.71 bits per heavy atom. The van der Waals surface area contributed by atoms with Crippen molar-refractivity contribution < 1.29 is 4.79 Å². The predicted octanol–water partition coefficient (Wildman–Crippen LogP) is 5.06. The highest BCUT2D eigenvalue weighted by atomic mass is 127. The van der Waals surface area contributed by atoms with Crippen molar-refractivity contribution in [1.29, 1.82) is 0 Å². The lowest BCUT2D eigenvalue weighted by Gasteiger charge is -2.23. The van der Waals surface area contributed by atoms with Crippen molar-refractivity contribution in [2.24, 2.45) is 5.92 Å². The van der Waals surface area contributed by atoms with E-state index in [1.54, 1.807) is 0 Å². The lowest BCUT2D eigenvalue weighted by molar-refractivity contribution is -0.118. The van der Waals surface area contributed by atoms with E-state index in [4.69, 9.17) is 0 Å². The summed E-state index contributed by atoms with van der Waals surface area (Å²) in [6, 6.07) is 17.9. The molecule has 2 rings (SSSR count). The molecule has 2 nitrogen and oxygen atoms in total. The molecular weight excluding hydrogens is 373 g/mol. The van der Waals surface area contributed by atoms with E-state index in [1.807, 2.05) is 54.6 Å². The van der Waals surface area contributed by atoms with Gasteiger partial charge in [-0.1, -0.05) is 62.7 Å². The topological polar surface area (TPSA) is 29.1 Å². The SMILES string of the molecule is CC[C@H](C)[C@@H](C(=O)Nc1ccccc1I)c1ccccc1. The summed E-state index contributed by atoms with van der Waals surface area (Å²) in [6.45, 7) is 4.26. The van der Waals surface area contributed by atoms with Crippen LogP contribution in [0, 0.1) is 9.49 Å². The summed E-state index contributed by atoms with van der Waals surface area (Å²) in [4.78, 5) is 12.8. The number of carbonyl (C=O) groups excluding carboxylic acids is 1. The molecule has 3 heteroatoms. The second-order valence-electron chi connectivity index (χ2n) is 5.24. The molecule has 1 amide bonds. The molecule has 0 radical (unpaired) electrons. The van der Waals surface area contributed by atoms with E-state index in [0.717, 1.165) is 21.2 Å². The van der Waals surface area contributed by atoms with Gasteiger partial charge in [0.15, 0.2) is 0 Å². The van der Waals surface area contributed by atoms with Crippen molar-refractivity contribution in [3.8, 4) is 0 Å². The van der Waals surface area contributed by atoms with E-state index in [9.17, 15) is 4.79 Å². The molecule has 0 aromatic heterocycles. The minimum atomic E-state index is -0.118. The molecule has 2 aromatic rings. The monoisotopic (exact) mass is 393 g/mol. The van der Waals surface area contributed by atoms with E-state index in [0.29, 0.717) is 5.92 Å². The number of nitrogens with one attached hydrogen (secondary N) is 1. The first-order valence-electron chi connectivity index (χ1n) is 7.23. The van der Waals surface area contributed by atoms with Gasteiger partial charge in [0, 0.05) is 3.57 Å². The number of anilines is 1. The molecule has 0 saturated heterocycles. The van der Waals surface area contributed by atoms with Crippen LogP contribution in [0.4, 0.5) is 5.69 Å². The molecule has 0 unspecified atom stereocenters. The molecule has 0 heterocycles. The molecule has 21 heavy (non-hydrogen) atoms. The zero-order valence-corrected chi connectivity index (χ0v) is 14.5. The summed E-state index contributed by atoms with van der Waals surface area (Å²) >= 11 is 2.24. The van der Waals surface area contributed by atoms with Gasteiger partial charge in [-0.3, -0.25) is 4.79 Å². The van der Waals surface area contributed by atoms with Crippen LogP contribution in [0.2, 0.25) is 0 Å². The number of hydrogen-bond acceptors (Lipinski definition) is 1. The quantitative estimate of drug-likeness (QED) is 0.707. The van der Waals surface area contributed by atoms with Crippen LogP contribution in [0.25, 0.3) is 0 Å². The summed E-state index contributed by atoms with van der Waals surface area (Å²) in [5.74, 6) is 0.251. The molecule has 0 saturated carbocycles. The van der Waals surface area contributed by atoms with Gasteiger partial charge in [0.1, 0.15) is 0 Å². The smallest absolute Gasteiger partial charge is 0.232 e. The van der Waals surface area contributed by atoms with Gasteiger partial charge in [-0.05, 0) is 46.2 Å². The maximum Gasteiger partial charge on any atom is 0.232 e. The Hall–Kier alpha value is -1.36. The summed E-state index contributed by atoms with van der Waals surface area (Å²) < 4.78 is 1.06. The summed E-state index contributed by atoms with van der Waals surface area (Å²) in [6.07, 6.45) is 0.971. The van der Waals surface area contributed by atoms with Crippen LogP contribution in [0.1, 0.15) is 31.7 Å². The number of amides is 1. The number of rotatable bonds is 5. The third-order valence-electron chi connectivity index (χ3n) is 3.79. The third kappa shape index (κ3) is 4.06. The van der Waals surface area contributed by atoms with Crippen LogP contribution in [-0.4, -0.2) is 5.91 Å². The molecule has 2 atom stereocenters. The second kappa shape index (κ2) is 7.59. The fourth-order valence-electron chi connectivity index (χ4n) is 2.41. The summed E-state index contributed by atoms with van der Waals surface area (Å²) in [7, 11) is 0. The lowest BCUT2D eigenvalue weighted by Crippen LogP contribution is -2.26.